The summed E-state index contributed by atoms with van der Waals surface area (Å²) < 4.78 is 0. The van der Waals surface area contributed by atoms with Gasteiger partial charge in [-0.15, -0.1) is 0 Å². The fraction of sp³-hybridized carbons (Fsp3) is 0.533. The van der Waals surface area contributed by atoms with Gasteiger partial charge < -0.3 is 0 Å². The van der Waals surface area contributed by atoms with Gasteiger partial charge in [-0.05, 0) is 19.4 Å². The molecule has 1 aromatic carbocycles. The SMILES string of the molecule is C[C@@H]1C(=O)C[C@@H](C)N(Cc2ccccc2)[C@H]1C. The second kappa shape index (κ2) is 5.01. The molecule has 0 spiro atoms. The molecule has 0 unspecified atom stereocenters. The number of nitrogens with zero attached hydrogens (tertiary/aromatic N) is 1. The molecule has 2 heteroatoms. The van der Waals surface area contributed by atoms with Gasteiger partial charge in [0.2, 0.25) is 0 Å². The molecule has 0 radical (unpaired) electrons. The Balaban J connectivity index is 2.12. The Labute approximate surface area is 104 Å². The van der Waals surface area contributed by atoms with Crippen LogP contribution in [0.2, 0.25) is 0 Å². The van der Waals surface area contributed by atoms with Gasteiger partial charge in [0.25, 0.3) is 0 Å². The molecule has 0 amide bonds. The van der Waals surface area contributed by atoms with E-state index in [1.54, 1.807) is 0 Å². The van der Waals surface area contributed by atoms with Crippen LogP contribution in [0.3, 0.4) is 0 Å². The van der Waals surface area contributed by atoms with E-state index in [-0.39, 0.29) is 5.92 Å². The standard InChI is InChI=1S/C15H21NO/c1-11-9-15(17)12(2)13(3)16(11)10-14-7-5-4-6-8-14/h4-8,11-13H,9-10H2,1-3H3/t11-,12+,13+/m1/s1. The summed E-state index contributed by atoms with van der Waals surface area (Å²) in [7, 11) is 0. The van der Waals surface area contributed by atoms with Crippen molar-refractivity contribution < 1.29 is 4.79 Å². The highest BCUT2D eigenvalue weighted by Crippen LogP contribution is 2.26. The largest absolute Gasteiger partial charge is 0.299 e. The van der Waals surface area contributed by atoms with Crippen LogP contribution >= 0.6 is 0 Å². The minimum atomic E-state index is 0.162. The molecule has 3 atom stereocenters. The predicted octanol–water partition coefficient (Wildman–Crippen LogP) is 2.87. The number of hydrogen-bond acceptors (Lipinski definition) is 2. The van der Waals surface area contributed by atoms with Crippen molar-refractivity contribution in [3.05, 3.63) is 35.9 Å². The fourth-order valence-corrected chi connectivity index (χ4v) is 2.65. The molecule has 1 heterocycles. The lowest BCUT2D eigenvalue weighted by Gasteiger charge is -2.41. The monoisotopic (exact) mass is 231 g/mol. The Hall–Kier alpha value is -1.15. The Bertz CT molecular complexity index is 387. The number of ketones is 1. The van der Waals surface area contributed by atoms with E-state index in [0.717, 1.165) is 6.54 Å². The number of carbonyl (C=O) groups excluding carboxylic acids is 1. The third kappa shape index (κ3) is 2.58. The first-order valence-electron chi connectivity index (χ1n) is 6.42. The highest BCUT2D eigenvalue weighted by Gasteiger charge is 2.35. The van der Waals surface area contributed by atoms with Crippen LogP contribution in [-0.2, 0) is 11.3 Å². The Kier molecular flexibility index (Phi) is 3.63. The van der Waals surface area contributed by atoms with Gasteiger partial charge >= 0.3 is 0 Å². The van der Waals surface area contributed by atoms with Crippen molar-refractivity contribution in [1.29, 1.82) is 0 Å². The summed E-state index contributed by atoms with van der Waals surface area (Å²) in [6.07, 6.45) is 0.693. The Morgan fingerprint density at radius 2 is 1.82 bits per heavy atom. The molecule has 1 aromatic rings. The second-order valence-corrected chi connectivity index (χ2v) is 5.21. The maximum absolute atomic E-state index is 11.8. The van der Waals surface area contributed by atoms with Crippen molar-refractivity contribution in [2.75, 3.05) is 0 Å². The molecule has 0 bridgehead atoms. The topological polar surface area (TPSA) is 20.3 Å². The minimum Gasteiger partial charge on any atom is -0.299 e. The van der Waals surface area contributed by atoms with Crippen molar-refractivity contribution in [2.45, 2.75) is 45.8 Å². The summed E-state index contributed by atoms with van der Waals surface area (Å²) in [6.45, 7) is 7.32. The number of rotatable bonds is 2. The van der Waals surface area contributed by atoms with Crippen LogP contribution in [0, 0.1) is 5.92 Å². The van der Waals surface area contributed by atoms with E-state index >= 15 is 0 Å². The lowest BCUT2D eigenvalue weighted by molar-refractivity contribution is -0.130. The van der Waals surface area contributed by atoms with Gasteiger partial charge in [-0.25, -0.2) is 0 Å². The number of piperidine rings is 1. The van der Waals surface area contributed by atoms with Crippen LogP contribution in [0.25, 0.3) is 0 Å². The molecule has 1 fully saturated rings. The molecule has 92 valence electrons. The molecule has 0 saturated carbocycles. The molecular formula is C15H21NO. The zero-order valence-electron chi connectivity index (χ0n) is 10.9. The van der Waals surface area contributed by atoms with E-state index < -0.39 is 0 Å². The lowest BCUT2D eigenvalue weighted by atomic mass is 9.86. The van der Waals surface area contributed by atoms with E-state index in [2.05, 4.69) is 49.9 Å². The van der Waals surface area contributed by atoms with Crippen molar-refractivity contribution in [3.8, 4) is 0 Å². The van der Waals surface area contributed by atoms with Crippen LogP contribution in [0.1, 0.15) is 32.8 Å². The Morgan fingerprint density at radius 3 is 2.47 bits per heavy atom. The predicted molar refractivity (Wildman–Crippen MR) is 69.7 cm³/mol. The summed E-state index contributed by atoms with van der Waals surface area (Å²) in [5, 5.41) is 0. The molecular weight excluding hydrogens is 210 g/mol. The van der Waals surface area contributed by atoms with Crippen molar-refractivity contribution >= 4 is 5.78 Å². The molecule has 17 heavy (non-hydrogen) atoms. The summed E-state index contributed by atoms with van der Waals surface area (Å²) >= 11 is 0. The molecule has 1 aliphatic rings. The molecule has 0 aromatic heterocycles. The zero-order chi connectivity index (χ0) is 12.4. The maximum Gasteiger partial charge on any atom is 0.138 e. The smallest absolute Gasteiger partial charge is 0.138 e. The van der Waals surface area contributed by atoms with E-state index in [1.165, 1.54) is 5.56 Å². The van der Waals surface area contributed by atoms with Crippen LogP contribution in [-0.4, -0.2) is 22.8 Å². The minimum absolute atomic E-state index is 0.162. The summed E-state index contributed by atoms with van der Waals surface area (Å²) in [4.78, 5) is 14.2. The van der Waals surface area contributed by atoms with Gasteiger partial charge in [0.05, 0.1) is 0 Å². The molecule has 2 nitrogen and oxygen atoms in total. The van der Waals surface area contributed by atoms with E-state index in [4.69, 9.17) is 0 Å². The quantitative estimate of drug-likeness (QED) is 0.780. The first-order valence-corrected chi connectivity index (χ1v) is 6.42. The number of benzene rings is 1. The second-order valence-electron chi connectivity index (χ2n) is 5.21. The van der Waals surface area contributed by atoms with Gasteiger partial charge in [0.1, 0.15) is 5.78 Å². The number of carbonyl (C=O) groups is 1. The van der Waals surface area contributed by atoms with Crippen molar-refractivity contribution in [2.24, 2.45) is 5.92 Å². The summed E-state index contributed by atoms with van der Waals surface area (Å²) in [5.41, 5.74) is 1.33. The fourth-order valence-electron chi connectivity index (χ4n) is 2.65. The van der Waals surface area contributed by atoms with Gasteiger partial charge in [-0.3, -0.25) is 9.69 Å². The number of Topliss-reactive ketones (excluding diaryl/α,β-unsaturated/α-hetero) is 1. The zero-order valence-corrected chi connectivity index (χ0v) is 10.9. The van der Waals surface area contributed by atoms with E-state index in [1.807, 2.05) is 6.07 Å². The number of hydrogen-bond donors (Lipinski definition) is 0. The summed E-state index contributed by atoms with van der Waals surface area (Å²) in [5.74, 6) is 0.573. The lowest BCUT2D eigenvalue weighted by Crippen LogP contribution is -2.51. The maximum atomic E-state index is 11.8. The highest BCUT2D eigenvalue weighted by atomic mass is 16.1. The molecule has 2 rings (SSSR count). The van der Waals surface area contributed by atoms with Gasteiger partial charge in [0, 0.05) is 31.0 Å². The summed E-state index contributed by atoms with van der Waals surface area (Å²) in [6, 6.07) is 11.2. The third-order valence-corrected chi connectivity index (χ3v) is 4.03. The normalized spacial score (nSPS) is 30.5. The third-order valence-electron chi connectivity index (χ3n) is 4.03. The van der Waals surface area contributed by atoms with Gasteiger partial charge in [-0.1, -0.05) is 37.3 Å². The van der Waals surface area contributed by atoms with Crippen LogP contribution in [0.15, 0.2) is 30.3 Å². The average Bonchev–Trinajstić information content (AvgIpc) is 2.33. The first kappa shape index (κ1) is 12.3. The van der Waals surface area contributed by atoms with Crippen LogP contribution < -0.4 is 0 Å². The average molecular weight is 231 g/mol. The Morgan fingerprint density at radius 1 is 1.18 bits per heavy atom. The molecule has 0 aliphatic carbocycles. The molecule has 0 N–H and O–H groups in total. The number of likely N-dealkylation sites (tertiary alicyclic amines) is 1. The van der Waals surface area contributed by atoms with Gasteiger partial charge in [-0.2, -0.15) is 0 Å². The van der Waals surface area contributed by atoms with E-state index in [9.17, 15) is 4.79 Å². The molecule has 1 aliphatic heterocycles. The van der Waals surface area contributed by atoms with Crippen LogP contribution in [0.4, 0.5) is 0 Å². The van der Waals surface area contributed by atoms with Crippen molar-refractivity contribution in [1.82, 2.24) is 4.90 Å². The van der Waals surface area contributed by atoms with E-state index in [0.29, 0.717) is 24.3 Å². The first-order chi connectivity index (χ1) is 8.09. The molecule has 1 saturated heterocycles. The van der Waals surface area contributed by atoms with Crippen molar-refractivity contribution in [3.63, 3.8) is 0 Å². The van der Waals surface area contributed by atoms with Gasteiger partial charge in [0.15, 0.2) is 0 Å². The van der Waals surface area contributed by atoms with Crippen LogP contribution in [0.5, 0.6) is 0 Å². The highest BCUT2D eigenvalue weighted by molar-refractivity contribution is 5.82.